The van der Waals surface area contributed by atoms with Crippen molar-refractivity contribution in [3.63, 3.8) is 0 Å². The highest BCUT2D eigenvalue weighted by molar-refractivity contribution is 5.37. The van der Waals surface area contributed by atoms with Crippen molar-refractivity contribution in [1.82, 2.24) is 5.32 Å². The highest BCUT2D eigenvalue weighted by Crippen LogP contribution is 2.17. The highest BCUT2D eigenvalue weighted by atomic mass is 16.3. The second-order valence-electron chi connectivity index (χ2n) is 5.91. The van der Waals surface area contributed by atoms with Gasteiger partial charge in [0, 0.05) is 12.1 Å². The number of benzene rings is 1. The van der Waals surface area contributed by atoms with Gasteiger partial charge in [0.2, 0.25) is 0 Å². The van der Waals surface area contributed by atoms with Gasteiger partial charge in [-0.3, -0.25) is 0 Å². The molecule has 0 saturated heterocycles. The summed E-state index contributed by atoms with van der Waals surface area (Å²) >= 11 is 0. The smallest absolute Gasteiger partial charge is 0.0448 e. The Hall–Kier alpha value is -0.860. The van der Waals surface area contributed by atoms with Crippen LogP contribution in [0.15, 0.2) is 12.1 Å². The maximum Gasteiger partial charge on any atom is 0.0448 e. The summed E-state index contributed by atoms with van der Waals surface area (Å²) in [4.78, 5) is 0. The van der Waals surface area contributed by atoms with E-state index in [-0.39, 0.29) is 12.1 Å². The lowest BCUT2D eigenvalue weighted by molar-refractivity contribution is 0.231. The molecular weight excluding hydrogens is 222 g/mol. The molecule has 1 aromatic carbocycles. The van der Waals surface area contributed by atoms with Crippen LogP contribution in [0.4, 0.5) is 0 Å². The Bertz CT molecular complexity index is 373. The molecule has 0 saturated carbocycles. The monoisotopic (exact) mass is 249 g/mol. The minimum Gasteiger partial charge on any atom is -0.396 e. The third-order valence-electron chi connectivity index (χ3n) is 3.56. The van der Waals surface area contributed by atoms with Crippen LogP contribution in [0.5, 0.6) is 0 Å². The summed E-state index contributed by atoms with van der Waals surface area (Å²) in [5.41, 5.74) is 5.57. The van der Waals surface area contributed by atoms with Crippen LogP contribution in [0.2, 0.25) is 0 Å². The van der Waals surface area contributed by atoms with Crippen LogP contribution in [-0.4, -0.2) is 23.8 Å². The highest BCUT2D eigenvalue weighted by Gasteiger charge is 2.15. The van der Waals surface area contributed by atoms with Gasteiger partial charge in [-0.25, -0.2) is 0 Å². The number of nitrogens with one attached hydrogen (secondary N) is 1. The molecule has 0 radical (unpaired) electrons. The van der Waals surface area contributed by atoms with Crippen LogP contribution in [-0.2, 0) is 6.42 Å². The lowest BCUT2D eigenvalue weighted by atomic mass is 9.96. The summed E-state index contributed by atoms with van der Waals surface area (Å²) in [5, 5.41) is 12.5. The SMILES string of the molecule is Cc1cc(C)c(CCNC(C)(C)CCO)c(C)c1. The molecule has 1 rings (SSSR count). The third kappa shape index (κ3) is 4.43. The van der Waals surface area contributed by atoms with Crippen molar-refractivity contribution in [1.29, 1.82) is 0 Å². The van der Waals surface area contributed by atoms with Crippen LogP contribution >= 0.6 is 0 Å². The molecule has 2 nitrogen and oxygen atoms in total. The number of aliphatic hydroxyl groups is 1. The van der Waals surface area contributed by atoms with Gasteiger partial charge in [0.05, 0.1) is 0 Å². The molecular formula is C16H27NO. The number of aryl methyl sites for hydroxylation is 3. The van der Waals surface area contributed by atoms with Crippen molar-refractivity contribution >= 4 is 0 Å². The predicted molar refractivity (Wildman–Crippen MR) is 78.1 cm³/mol. The fourth-order valence-corrected chi connectivity index (χ4v) is 2.50. The number of hydrogen-bond acceptors (Lipinski definition) is 2. The normalized spacial score (nSPS) is 11.9. The zero-order valence-corrected chi connectivity index (χ0v) is 12.4. The van der Waals surface area contributed by atoms with E-state index in [0.29, 0.717) is 0 Å². The molecule has 0 heterocycles. The summed E-state index contributed by atoms with van der Waals surface area (Å²) in [7, 11) is 0. The van der Waals surface area contributed by atoms with Crippen LogP contribution < -0.4 is 5.32 Å². The van der Waals surface area contributed by atoms with E-state index in [9.17, 15) is 0 Å². The standard InChI is InChI=1S/C16H27NO/c1-12-10-13(2)15(14(3)11-12)6-8-17-16(4,5)7-9-18/h10-11,17-18H,6-9H2,1-5H3. The van der Waals surface area contributed by atoms with Crippen molar-refractivity contribution in [3.05, 3.63) is 34.4 Å². The van der Waals surface area contributed by atoms with Gasteiger partial charge >= 0.3 is 0 Å². The van der Waals surface area contributed by atoms with Crippen molar-refractivity contribution < 1.29 is 5.11 Å². The maximum absolute atomic E-state index is 9.00. The molecule has 0 unspecified atom stereocenters. The average molecular weight is 249 g/mol. The Morgan fingerprint density at radius 1 is 1.11 bits per heavy atom. The molecule has 2 heteroatoms. The largest absolute Gasteiger partial charge is 0.396 e. The molecule has 0 aliphatic heterocycles. The van der Waals surface area contributed by atoms with E-state index in [0.717, 1.165) is 19.4 Å². The summed E-state index contributed by atoms with van der Waals surface area (Å²) in [5.74, 6) is 0. The number of hydrogen-bond donors (Lipinski definition) is 2. The van der Waals surface area contributed by atoms with E-state index in [1.165, 1.54) is 22.3 Å². The van der Waals surface area contributed by atoms with E-state index < -0.39 is 0 Å². The van der Waals surface area contributed by atoms with Crippen LogP contribution in [0.25, 0.3) is 0 Å². The summed E-state index contributed by atoms with van der Waals surface area (Å²) < 4.78 is 0. The van der Waals surface area contributed by atoms with Gasteiger partial charge < -0.3 is 10.4 Å². The Kier molecular flexibility index (Phi) is 5.36. The van der Waals surface area contributed by atoms with Crippen molar-refractivity contribution in [2.75, 3.05) is 13.2 Å². The second-order valence-corrected chi connectivity index (χ2v) is 5.91. The first-order chi connectivity index (χ1) is 8.35. The van der Waals surface area contributed by atoms with Gasteiger partial charge in [-0.15, -0.1) is 0 Å². The van der Waals surface area contributed by atoms with Crippen LogP contribution in [0.3, 0.4) is 0 Å². The average Bonchev–Trinajstić information content (AvgIpc) is 2.21. The van der Waals surface area contributed by atoms with Crippen molar-refractivity contribution in [2.45, 2.75) is 53.0 Å². The molecule has 2 N–H and O–H groups in total. The molecule has 0 atom stereocenters. The Balaban J connectivity index is 2.59. The zero-order chi connectivity index (χ0) is 13.8. The molecule has 0 aliphatic rings. The number of rotatable bonds is 6. The molecule has 0 bridgehead atoms. The lowest BCUT2D eigenvalue weighted by Gasteiger charge is -2.26. The third-order valence-corrected chi connectivity index (χ3v) is 3.56. The second kappa shape index (κ2) is 6.35. The van der Waals surface area contributed by atoms with E-state index in [2.05, 4.69) is 52.1 Å². The van der Waals surface area contributed by atoms with Crippen molar-refractivity contribution in [3.8, 4) is 0 Å². The first-order valence-electron chi connectivity index (χ1n) is 6.78. The van der Waals surface area contributed by atoms with E-state index >= 15 is 0 Å². The molecule has 0 amide bonds. The van der Waals surface area contributed by atoms with Gasteiger partial charge in [0.25, 0.3) is 0 Å². The maximum atomic E-state index is 9.00. The predicted octanol–water partition coefficient (Wildman–Crippen LogP) is 2.90. The molecule has 1 aromatic rings. The number of aliphatic hydroxyl groups excluding tert-OH is 1. The quantitative estimate of drug-likeness (QED) is 0.812. The topological polar surface area (TPSA) is 32.3 Å². The van der Waals surface area contributed by atoms with Gasteiger partial charge in [-0.2, -0.15) is 0 Å². The molecule has 0 aromatic heterocycles. The van der Waals surface area contributed by atoms with Crippen LogP contribution in [0.1, 0.15) is 42.5 Å². The molecule has 0 spiro atoms. The molecule has 102 valence electrons. The van der Waals surface area contributed by atoms with E-state index in [1.54, 1.807) is 0 Å². The Morgan fingerprint density at radius 3 is 2.17 bits per heavy atom. The summed E-state index contributed by atoms with van der Waals surface area (Å²) in [6.07, 6.45) is 1.84. The summed E-state index contributed by atoms with van der Waals surface area (Å²) in [6.45, 7) is 12.0. The first-order valence-corrected chi connectivity index (χ1v) is 6.78. The van der Waals surface area contributed by atoms with E-state index in [1.807, 2.05) is 0 Å². The molecule has 0 aliphatic carbocycles. The summed E-state index contributed by atoms with van der Waals surface area (Å²) in [6, 6.07) is 4.50. The molecule has 18 heavy (non-hydrogen) atoms. The van der Waals surface area contributed by atoms with E-state index in [4.69, 9.17) is 5.11 Å². The van der Waals surface area contributed by atoms with Crippen molar-refractivity contribution in [2.24, 2.45) is 0 Å². The van der Waals surface area contributed by atoms with Gasteiger partial charge in [-0.05, 0) is 70.7 Å². The fourth-order valence-electron chi connectivity index (χ4n) is 2.50. The fraction of sp³-hybridized carbons (Fsp3) is 0.625. The lowest BCUT2D eigenvalue weighted by Crippen LogP contribution is -2.41. The minimum atomic E-state index is 0.0151. The van der Waals surface area contributed by atoms with Gasteiger partial charge in [0.15, 0.2) is 0 Å². The minimum absolute atomic E-state index is 0.0151. The molecule has 0 fully saturated rings. The first kappa shape index (κ1) is 15.2. The Morgan fingerprint density at radius 2 is 1.67 bits per heavy atom. The van der Waals surface area contributed by atoms with Crippen LogP contribution in [0, 0.1) is 20.8 Å². The van der Waals surface area contributed by atoms with Gasteiger partial charge in [0.1, 0.15) is 0 Å². The van der Waals surface area contributed by atoms with Gasteiger partial charge in [-0.1, -0.05) is 17.7 Å². The Labute approximate surface area is 111 Å². The zero-order valence-electron chi connectivity index (χ0n) is 12.4.